The zero-order valence-electron chi connectivity index (χ0n) is 19.3. The van der Waals surface area contributed by atoms with Crippen molar-refractivity contribution in [3.05, 3.63) is 53.5 Å². The second kappa shape index (κ2) is 9.80. The van der Waals surface area contributed by atoms with Crippen molar-refractivity contribution in [3.8, 4) is 33.2 Å². The lowest BCUT2D eigenvalue weighted by molar-refractivity contribution is -0.0378. The van der Waals surface area contributed by atoms with Crippen LogP contribution in [0.1, 0.15) is 24.3 Å². The highest BCUT2D eigenvalue weighted by atomic mass is 32.1. The summed E-state index contributed by atoms with van der Waals surface area (Å²) in [4.78, 5) is 20.1. The summed E-state index contributed by atoms with van der Waals surface area (Å²) < 4.78 is 10.6. The lowest BCUT2D eigenvalue weighted by Crippen LogP contribution is -2.46. The van der Waals surface area contributed by atoms with Gasteiger partial charge in [0.25, 0.3) is 0 Å². The number of thiazole rings is 1. The maximum atomic E-state index is 12.2. The smallest absolute Gasteiger partial charge is 0.343 e. The molecule has 7 nitrogen and oxygen atoms in total. The normalized spacial score (nSPS) is 18.2. The van der Waals surface area contributed by atoms with Crippen molar-refractivity contribution in [2.75, 3.05) is 34.4 Å². The van der Waals surface area contributed by atoms with E-state index in [2.05, 4.69) is 19.1 Å². The molecular weight excluding hydrogens is 438 g/mol. The van der Waals surface area contributed by atoms with Crippen molar-refractivity contribution < 1.29 is 19.5 Å². The molecule has 2 unspecified atom stereocenters. The largest absolute Gasteiger partial charge is 0.497 e. The molecule has 0 bridgehead atoms. The number of rotatable bonds is 5. The van der Waals surface area contributed by atoms with Gasteiger partial charge in [-0.15, -0.1) is 11.3 Å². The molecule has 1 aromatic heterocycles. The van der Waals surface area contributed by atoms with Crippen molar-refractivity contribution in [2.45, 2.75) is 19.3 Å². The number of benzene rings is 2. The molecule has 1 N–H and O–H groups in total. The van der Waals surface area contributed by atoms with E-state index in [1.54, 1.807) is 30.5 Å². The number of ether oxygens (including phenoxy) is 2. The number of likely N-dealkylation sites (tertiary alicyclic amines) is 1. The first kappa shape index (κ1) is 23.1. The van der Waals surface area contributed by atoms with Gasteiger partial charge in [-0.1, -0.05) is 6.92 Å². The van der Waals surface area contributed by atoms with Crippen LogP contribution in [0, 0.1) is 5.92 Å². The number of amides is 2. The van der Waals surface area contributed by atoms with E-state index >= 15 is 0 Å². The van der Waals surface area contributed by atoms with Crippen LogP contribution in [-0.4, -0.2) is 60.5 Å². The van der Waals surface area contributed by atoms with Gasteiger partial charge in [0.15, 0.2) is 0 Å². The van der Waals surface area contributed by atoms with Gasteiger partial charge >= 0.3 is 6.03 Å². The average Bonchev–Trinajstić information content (AvgIpc) is 3.28. The molecule has 2 amide bonds. The van der Waals surface area contributed by atoms with Crippen molar-refractivity contribution >= 4 is 17.4 Å². The number of carbonyl (C=O) groups is 1. The first-order valence-corrected chi connectivity index (χ1v) is 11.7. The molecule has 1 aliphatic rings. The topological polar surface area (TPSA) is 75.1 Å². The Bertz CT molecular complexity index is 1030. The summed E-state index contributed by atoms with van der Waals surface area (Å²) in [5, 5.41) is 11.2. The number of hydrogen-bond acceptors (Lipinski definition) is 6. The molecule has 0 spiro atoms. The highest BCUT2D eigenvalue weighted by molar-refractivity contribution is 7.15. The fourth-order valence-electron chi connectivity index (χ4n) is 4.27. The van der Waals surface area contributed by atoms with Gasteiger partial charge in [0.2, 0.25) is 0 Å². The molecule has 33 heavy (non-hydrogen) atoms. The van der Waals surface area contributed by atoms with Crippen molar-refractivity contribution in [2.24, 2.45) is 5.92 Å². The minimum absolute atomic E-state index is 0.223. The summed E-state index contributed by atoms with van der Waals surface area (Å²) in [6.07, 6.45) is 0.804. The quantitative estimate of drug-likeness (QED) is 0.404. The Morgan fingerprint density at radius 2 is 1.64 bits per heavy atom. The average molecular weight is 468 g/mol. The zero-order chi connectivity index (χ0) is 23.5. The minimum atomic E-state index is -0.364. The van der Waals surface area contributed by atoms with Crippen LogP contribution in [0.4, 0.5) is 4.79 Å². The summed E-state index contributed by atoms with van der Waals surface area (Å²) >= 11 is 1.71. The third kappa shape index (κ3) is 4.82. The fraction of sp³-hybridized carbons (Fsp3) is 0.360. The number of urea groups is 1. The van der Waals surface area contributed by atoms with Crippen LogP contribution < -0.4 is 9.47 Å². The number of nitrogens with zero attached hydrogens (tertiary/aromatic N) is 3. The van der Waals surface area contributed by atoms with E-state index in [1.807, 2.05) is 36.4 Å². The lowest BCUT2D eigenvalue weighted by Gasteiger charge is -2.36. The molecule has 2 heterocycles. The predicted molar refractivity (Wildman–Crippen MR) is 129 cm³/mol. The molecule has 8 heteroatoms. The van der Waals surface area contributed by atoms with E-state index < -0.39 is 0 Å². The van der Waals surface area contributed by atoms with Crippen LogP contribution in [0.15, 0.2) is 48.5 Å². The van der Waals surface area contributed by atoms with Crippen LogP contribution in [-0.2, 0) is 0 Å². The molecule has 1 fully saturated rings. The Morgan fingerprint density at radius 3 is 2.15 bits per heavy atom. The maximum absolute atomic E-state index is 12.2. The molecule has 174 valence electrons. The van der Waals surface area contributed by atoms with E-state index in [0.29, 0.717) is 18.2 Å². The van der Waals surface area contributed by atoms with Crippen molar-refractivity contribution in [1.29, 1.82) is 0 Å². The van der Waals surface area contributed by atoms with Gasteiger partial charge in [-0.3, -0.25) is 5.21 Å². The molecule has 2 atom stereocenters. The highest BCUT2D eigenvalue weighted by Crippen LogP contribution is 2.43. The van der Waals surface area contributed by atoms with Gasteiger partial charge < -0.3 is 14.4 Å². The van der Waals surface area contributed by atoms with Gasteiger partial charge in [-0.2, -0.15) is 0 Å². The minimum Gasteiger partial charge on any atom is -0.497 e. The first-order valence-electron chi connectivity index (χ1n) is 10.9. The molecule has 0 radical (unpaired) electrons. The monoisotopic (exact) mass is 467 g/mol. The van der Waals surface area contributed by atoms with Crippen LogP contribution >= 0.6 is 11.3 Å². The number of hydrogen-bond donors (Lipinski definition) is 1. The molecule has 1 saturated heterocycles. The van der Waals surface area contributed by atoms with Gasteiger partial charge in [0.1, 0.15) is 11.5 Å². The predicted octanol–water partition coefficient (Wildman–Crippen LogP) is 5.36. The molecule has 0 saturated carbocycles. The SMILES string of the molecule is COc1ccc(-c2nc(C3CCN(C(=O)N(C)O)CC3C)sc2-c2ccc(OC)cc2)cc1. The van der Waals surface area contributed by atoms with E-state index in [9.17, 15) is 10.0 Å². The molecule has 0 aliphatic carbocycles. The van der Waals surface area contributed by atoms with Gasteiger partial charge in [0.05, 0.1) is 29.8 Å². The summed E-state index contributed by atoms with van der Waals surface area (Å²) in [6, 6.07) is 15.6. The van der Waals surface area contributed by atoms with Crippen LogP contribution in [0.5, 0.6) is 11.5 Å². The number of piperidine rings is 1. The molecule has 1 aliphatic heterocycles. The Kier molecular flexibility index (Phi) is 6.85. The van der Waals surface area contributed by atoms with Gasteiger partial charge in [-0.05, 0) is 66.4 Å². The highest BCUT2D eigenvalue weighted by Gasteiger charge is 2.33. The standard InChI is InChI=1S/C25H29N3O4S/c1-16-15-28(25(29)27(2)30)14-13-21(16)24-26-22(17-5-9-19(31-3)10-6-17)23(33-24)18-7-11-20(32-4)12-8-18/h5-12,16,21,30H,13-15H2,1-4H3. The van der Waals surface area contributed by atoms with E-state index in [1.165, 1.54) is 7.05 Å². The Balaban J connectivity index is 1.69. The third-order valence-electron chi connectivity index (χ3n) is 6.13. The van der Waals surface area contributed by atoms with Crippen LogP contribution in [0.2, 0.25) is 0 Å². The zero-order valence-corrected chi connectivity index (χ0v) is 20.1. The summed E-state index contributed by atoms with van der Waals surface area (Å²) in [7, 11) is 4.68. The van der Waals surface area contributed by atoms with Crippen molar-refractivity contribution in [3.63, 3.8) is 0 Å². The Morgan fingerprint density at radius 1 is 1.06 bits per heavy atom. The Hall–Kier alpha value is -3.10. The van der Waals surface area contributed by atoms with Gasteiger partial charge in [-0.25, -0.2) is 14.8 Å². The van der Waals surface area contributed by atoms with E-state index in [-0.39, 0.29) is 17.9 Å². The second-order valence-corrected chi connectivity index (χ2v) is 9.34. The van der Waals surface area contributed by atoms with Crippen LogP contribution in [0.25, 0.3) is 21.7 Å². The number of aromatic nitrogens is 1. The maximum Gasteiger partial charge on any atom is 0.343 e. The summed E-state index contributed by atoms with van der Waals surface area (Å²) in [6.45, 7) is 3.32. The fourth-order valence-corrected chi connectivity index (χ4v) is 5.63. The van der Waals surface area contributed by atoms with E-state index in [4.69, 9.17) is 14.5 Å². The van der Waals surface area contributed by atoms with Gasteiger partial charge in [0, 0.05) is 31.6 Å². The van der Waals surface area contributed by atoms with Crippen LogP contribution in [0.3, 0.4) is 0 Å². The second-order valence-electron chi connectivity index (χ2n) is 8.31. The number of carbonyl (C=O) groups excluding carboxylic acids is 1. The van der Waals surface area contributed by atoms with Crippen molar-refractivity contribution in [1.82, 2.24) is 14.9 Å². The third-order valence-corrected chi connectivity index (χ3v) is 7.37. The summed E-state index contributed by atoms with van der Waals surface area (Å²) in [5.74, 6) is 2.09. The van der Waals surface area contributed by atoms with E-state index in [0.717, 1.165) is 44.6 Å². The molecule has 4 rings (SSSR count). The number of methoxy groups -OCH3 is 2. The summed E-state index contributed by atoms with van der Waals surface area (Å²) in [5.41, 5.74) is 3.07. The number of hydroxylamine groups is 2. The first-order chi connectivity index (χ1) is 15.9. The molecule has 2 aromatic carbocycles. The Labute approximate surface area is 198 Å². The lowest BCUT2D eigenvalue weighted by atomic mass is 9.87. The molecule has 3 aromatic rings. The molecular formula is C25H29N3O4S.